The van der Waals surface area contributed by atoms with E-state index in [9.17, 15) is 4.79 Å². The number of aromatic nitrogens is 1. The molecular formula is C16H12ClNO3. The third-order valence-electron chi connectivity index (χ3n) is 2.46. The summed E-state index contributed by atoms with van der Waals surface area (Å²) >= 11 is 5.84. The summed E-state index contributed by atoms with van der Waals surface area (Å²) in [7, 11) is 0. The standard InChI is InChI=1S/C15H12ClNO.CO2/c1-11-9-12(7-8-17-11)5-6-15(18)13-3-2-4-14(16)10-13;2-1-3/h2-10H,1H3;/b6-5-;. The Morgan fingerprint density at radius 2 is 1.95 bits per heavy atom. The number of carbonyl (C=O) groups is 1. The van der Waals surface area contributed by atoms with Crippen LogP contribution in [0.2, 0.25) is 5.02 Å². The monoisotopic (exact) mass is 301 g/mol. The molecule has 5 heteroatoms. The van der Waals surface area contributed by atoms with E-state index in [-0.39, 0.29) is 11.9 Å². The number of carbonyl (C=O) groups excluding carboxylic acids is 3. The molecule has 0 unspecified atom stereocenters. The van der Waals surface area contributed by atoms with Gasteiger partial charge in [0.15, 0.2) is 5.78 Å². The largest absolute Gasteiger partial charge is 0.373 e. The summed E-state index contributed by atoms with van der Waals surface area (Å²) in [5.74, 6) is -0.0630. The molecule has 4 nitrogen and oxygen atoms in total. The van der Waals surface area contributed by atoms with Gasteiger partial charge in [0.05, 0.1) is 0 Å². The van der Waals surface area contributed by atoms with Crippen molar-refractivity contribution in [2.75, 3.05) is 0 Å². The molecule has 0 N–H and O–H groups in total. The SMILES string of the molecule is Cc1cc(/C=C\C(=O)c2cccc(Cl)c2)ccn1.O=C=O. The summed E-state index contributed by atoms with van der Waals surface area (Å²) in [6.45, 7) is 1.91. The number of aryl methyl sites for hydroxylation is 1. The van der Waals surface area contributed by atoms with Crippen LogP contribution in [0.25, 0.3) is 6.08 Å². The van der Waals surface area contributed by atoms with Crippen molar-refractivity contribution in [2.45, 2.75) is 6.92 Å². The summed E-state index contributed by atoms with van der Waals surface area (Å²) in [4.78, 5) is 32.2. The number of hydrogen-bond donors (Lipinski definition) is 0. The predicted molar refractivity (Wildman–Crippen MR) is 78.8 cm³/mol. The molecule has 0 radical (unpaired) electrons. The molecule has 0 saturated heterocycles. The van der Waals surface area contributed by atoms with Crippen molar-refractivity contribution in [3.05, 3.63) is 70.5 Å². The summed E-state index contributed by atoms with van der Waals surface area (Å²) in [6, 6.07) is 10.7. The van der Waals surface area contributed by atoms with Gasteiger partial charge < -0.3 is 0 Å². The molecular weight excluding hydrogens is 290 g/mol. The number of allylic oxidation sites excluding steroid dienone is 1. The van der Waals surface area contributed by atoms with Gasteiger partial charge in [-0.05, 0) is 42.8 Å². The topological polar surface area (TPSA) is 64.1 Å². The number of rotatable bonds is 3. The maximum atomic E-state index is 11.9. The van der Waals surface area contributed by atoms with E-state index >= 15 is 0 Å². The highest BCUT2D eigenvalue weighted by atomic mass is 35.5. The van der Waals surface area contributed by atoms with Crippen molar-refractivity contribution in [3.63, 3.8) is 0 Å². The third-order valence-corrected chi connectivity index (χ3v) is 2.69. The van der Waals surface area contributed by atoms with Gasteiger partial charge in [-0.3, -0.25) is 9.78 Å². The van der Waals surface area contributed by atoms with E-state index in [0.29, 0.717) is 10.6 Å². The second-order valence-electron chi connectivity index (χ2n) is 4.02. The molecule has 0 aliphatic rings. The van der Waals surface area contributed by atoms with Gasteiger partial charge in [-0.2, -0.15) is 9.59 Å². The molecule has 0 spiro atoms. The fourth-order valence-electron chi connectivity index (χ4n) is 1.58. The van der Waals surface area contributed by atoms with Crippen LogP contribution in [0.1, 0.15) is 21.6 Å². The Kier molecular flexibility index (Phi) is 6.75. The molecule has 0 amide bonds. The zero-order valence-corrected chi connectivity index (χ0v) is 12.0. The lowest BCUT2D eigenvalue weighted by molar-refractivity contribution is -0.191. The van der Waals surface area contributed by atoms with Crippen LogP contribution < -0.4 is 0 Å². The summed E-state index contributed by atoms with van der Waals surface area (Å²) in [6.07, 6.45) is 5.29. The minimum atomic E-state index is -0.0630. The van der Waals surface area contributed by atoms with Gasteiger partial charge in [-0.1, -0.05) is 29.8 Å². The number of hydrogen-bond acceptors (Lipinski definition) is 4. The van der Waals surface area contributed by atoms with Crippen molar-refractivity contribution < 1.29 is 14.4 Å². The van der Waals surface area contributed by atoms with Crippen molar-refractivity contribution in [1.82, 2.24) is 4.98 Å². The number of pyridine rings is 1. The summed E-state index contributed by atoms with van der Waals surface area (Å²) in [5, 5.41) is 0.564. The molecule has 0 atom stereocenters. The van der Waals surface area contributed by atoms with Crippen molar-refractivity contribution in [3.8, 4) is 0 Å². The normalized spacial score (nSPS) is 9.62. The molecule has 0 aliphatic heterocycles. The quantitative estimate of drug-likeness (QED) is 0.644. The molecule has 0 bridgehead atoms. The zero-order valence-electron chi connectivity index (χ0n) is 11.2. The Bertz CT molecular complexity index is 689. The van der Waals surface area contributed by atoms with E-state index in [4.69, 9.17) is 21.2 Å². The number of benzene rings is 1. The van der Waals surface area contributed by atoms with Crippen LogP contribution in [0.15, 0.2) is 48.7 Å². The second-order valence-corrected chi connectivity index (χ2v) is 4.46. The number of halogens is 1. The van der Waals surface area contributed by atoms with E-state index in [1.54, 1.807) is 42.6 Å². The maximum Gasteiger partial charge on any atom is 0.373 e. The third kappa shape index (κ3) is 5.95. The first kappa shape index (κ1) is 16.5. The van der Waals surface area contributed by atoms with Crippen LogP contribution in [0.3, 0.4) is 0 Å². The van der Waals surface area contributed by atoms with Gasteiger partial charge in [0, 0.05) is 22.5 Å². The highest BCUT2D eigenvalue weighted by molar-refractivity contribution is 6.31. The predicted octanol–water partition coefficient (Wildman–Crippen LogP) is 3.36. The highest BCUT2D eigenvalue weighted by Crippen LogP contribution is 2.12. The van der Waals surface area contributed by atoms with Crippen LogP contribution in [-0.2, 0) is 9.59 Å². The number of nitrogens with zero attached hydrogens (tertiary/aromatic N) is 1. The maximum absolute atomic E-state index is 11.9. The van der Waals surface area contributed by atoms with E-state index in [0.717, 1.165) is 11.3 Å². The van der Waals surface area contributed by atoms with Gasteiger partial charge in [-0.15, -0.1) is 0 Å². The fraction of sp³-hybridized carbons (Fsp3) is 0.0625. The van der Waals surface area contributed by atoms with Crippen molar-refractivity contribution >= 4 is 29.6 Å². The smallest absolute Gasteiger partial charge is 0.289 e. The zero-order chi connectivity index (χ0) is 15.7. The molecule has 0 aliphatic carbocycles. The Labute approximate surface area is 127 Å². The Balaban J connectivity index is 0.000000677. The summed E-state index contributed by atoms with van der Waals surface area (Å²) in [5.41, 5.74) is 2.47. The Hall–Kier alpha value is -2.55. The minimum Gasteiger partial charge on any atom is -0.289 e. The first-order valence-electron chi connectivity index (χ1n) is 5.96. The van der Waals surface area contributed by atoms with Gasteiger partial charge in [-0.25, -0.2) is 0 Å². The lowest BCUT2D eigenvalue weighted by Gasteiger charge is -1.97. The minimum absolute atomic E-state index is 0.0630. The average molecular weight is 302 g/mol. The van der Waals surface area contributed by atoms with Gasteiger partial charge in [0.1, 0.15) is 0 Å². The Morgan fingerprint density at radius 1 is 1.24 bits per heavy atom. The molecule has 106 valence electrons. The first-order chi connectivity index (χ1) is 10.1. The lowest BCUT2D eigenvalue weighted by Crippen LogP contribution is -1.93. The van der Waals surface area contributed by atoms with Crippen LogP contribution in [-0.4, -0.2) is 16.9 Å². The molecule has 21 heavy (non-hydrogen) atoms. The van der Waals surface area contributed by atoms with Crippen LogP contribution in [0.5, 0.6) is 0 Å². The fourth-order valence-corrected chi connectivity index (χ4v) is 1.77. The first-order valence-corrected chi connectivity index (χ1v) is 6.34. The molecule has 1 heterocycles. The molecule has 2 aromatic rings. The van der Waals surface area contributed by atoms with Gasteiger partial charge in [0.2, 0.25) is 0 Å². The lowest BCUT2D eigenvalue weighted by atomic mass is 10.1. The van der Waals surface area contributed by atoms with E-state index < -0.39 is 0 Å². The highest BCUT2D eigenvalue weighted by Gasteiger charge is 2.01. The van der Waals surface area contributed by atoms with E-state index in [1.165, 1.54) is 0 Å². The van der Waals surface area contributed by atoms with E-state index in [1.807, 2.05) is 19.1 Å². The van der Waals surface area contributed by atoms with Gasteiger partial charge >= 0.3 is 6.15 Å². The van der Waals surface area contributed by atoms with Crippen LogP contribution in [0, 0.1) is 6.92 Å². The molecule has 0 fully saturated rings. The van der Waals surface area contributed by atoms with Crippen molar-refractivity contribution in [1.29, 1.82) is 0 Å². The molecule has 2 rings (SSSR count). The number of ketones is 1. The molecule has 1 aromatic carbocycles. The van der Waals surface area contributed by atoms with E-state index in [2.05, 4.69) is 4.98 Å². The molecule has 1 aromatic heterocycles. The van der Waals surface area contributed by atoms with Crippen LogP contribution >= 0.6 is 11.6 Å². The van der Waals surface area contributed by atoms with Gasteiger partial charge in [0.25, 0.3) is 0 Å². The summed E-state index contributed by atoms with van der Waals surface area (Å²) < 4.78 is 0. The van der Waals surface area contributed by atoms with Crippen LogP contribution in [0.4, 0.5) is 0 Å². The van der Waals surface area contributed by atoms with Crippen molar-refractivity contribution in [2.24, 2.45) is 0 Å². The average Bonchev–Trinajstić information content (AvgIpc) is 2.46. The molecule has 0 saturated carbocycles. The Morgan fingerprint density at radius 3 is 2.57 bits per heavy atom. The second kappa shape index (κ2) is 8.59.